The van der Waals surface area contributed by atoms with Gasteiger partial charge in [0, 0.05) is 0 Å². The lowest BCUT2D eigenvalue weighted by atomic mass is 10.2. The van der Waals surface area contributed by atoms with E-state index >= 15 is 0 Å². The van der Waals surface area contributed by atoms with Gasteiger partial charge in [-0.25, -0.2) is 0 Å². The first-order valence-corrected chi connectivity index (χ1v) is 3.42. The van der Waals surface area contributed by atoms with E-state index < -0.39 is 0 Å². The lowest BCUT2D eigenvalue weighted by Crippen LogP contribution is -2.12. The molecule has 0 saturated heterocycles. The second kappa shape index (κ2) is 10.0. The van der Waals surface area contributed by atoms with Gasteiger partial charge in [0.2, 0.25) is 0 Å². The van der Waals surface area contributed by atoms with Crippen LogP contribution in [-0.4, -0.2) is 13.6 Å². The highest BCUT2D eigenvalue weighted by Gasteiger charge is 1.84. The zero-order valence-electron chi connectivity index (χ0n) is 6.78. The first-order valence-electron chi connectivity index (χ1n) is 3.42. The summed E-state index contributed by atoms with van der Waals surface area (Å²) in [5.74, 6) is 0.787. The van der Waals surface area contributed by atoms with Gasteiger partial charge < -0.3 is 5.32 Å². The van der Waals surface area contributed by atoms with Gasteiger partial charge in [0.1, 0.15) is 0 Å². The van der Waals surface area contributed by atoms with Crippen LogP contribution in [0.1, 0.15) is 27.7 Å². The predicted octanol–water partition coefficient (Wildman–Crippen LogP) is 1.89. The minimum absolute atomic E-state index is 0.787. The van der Waals surface area contributed by atoms with Crippen LogP contribution in [0.5, 0.6) is 0 Å². The molecule has 0 rings (SSSR count). The van der Waals surface area contributed by atoms with Crippen LogP contribution in [0, 0.1) is 5.92 Å². The second-order valence-corrected chi connectivity index (χ2v) is 1.95. The van der Waals surface area contributed by atoms with Crippen molar-refractivity contribution >= 4 is 0 Å². The van der Waals surface area contributed by atoms with Crippen LogP contribution in [0.2, 0.25) is 0 Å². The molecule has 0 heterocycles. The molecular formula is C7H19N. The van der Waals surface area contributed by atoms with Crippen LogP contribution in [0.25, 0.3) is 0 Å². The molecule has 0 unspecified atom stereocenters. The van der Waals surface area contributed by atoms with Gasteiger partial charge in [-0.05, 0) is 19.5 Å². The average Bonchev–Trinajstić information content (AvgIpc) is 1.72. The summed E-state index contributed by atoms with van der Waals surface area (Å²) in [6.07, 6.45) is 0. The van der Waals surface area contributed by atoms with Gasteiger partial charge >= 0.3 is 0 Å². The lowest BCUT2D eigenvalue weighted by Gasteiger charge is -1.98. The third-order valence-electron chi connectivity index (χ3n) is 0.612. The summed E-state index contributed by atoms with van der Waals surface area (Å²) in [4.78, 5) is 0. The molecule has 0 aliphatic carbocycles. The van der Waals surface area contributed by atoms with E-state index in [0.717, 1.165) is 12.5 Å². The first-order chi connectivity index (χ1) is 3.77. The molecule has 52 valence electrons. The van der Waals surface area contributed by atoms with E-state index in [0.29, 0.717) is 0 Å². The highest BCUT2D eigenvalue weighted by atomic mass is 14.8. The van der Waals surface area contributed by atoms with Gasteiger partial charge in [-0.3, -0.25) is 0 Å². The van der Waals surface area contributed by atoms with Crippen LogP contribution in [0.4, 0.5) is 0 Å². The maximum atomic E-state index is 3.07. The number of nitrogens with one attached hydrogen (secondary N) is 1. The van der Waals surface area contributed by atoms with E-state index in [1.165, 1.54) is 0 Å². The molecule has 0 aromatic carbocycles. The Morgan fingerprint density at radius 3 is 1.62 bits per heavy atom. The molecule has 0 bridgehead atoms. The van der Waals surface area contributed by atoms with Crippen molar-refractivity contribution in [2.75, 3.05) is 13.6 Å². The molecular weight excluding hydrogens is 98.1 g/mol. The molecule has 0 aliphatic rings. The van der Waals surface area contributed by atoms with Crippen molar-refractivity contribution in [2.45, 2.75) is 27.7 Å². The minimum atomic E-state index is 0.787. The predicted molar refractivity (Wildman–Crippen MR) is 40.1 cm³/mol. The maximum Gasteiger partial charge on any atom is -0.00288 e. The van der Waals surface area contributed by atoms with E-state index in [1.807, 2.05) is 20.9 Å². The standard InChI is InChI=1S/C5H13N.C2H6/c1-5(2)4-6-3;1-2/h5-6H,4H2,1-3H3;1-2H3. The Kier molecular flexibility index (Phi) is 13.6. The monoisotopic (exact) mass is 117 g/mol. The Labute approximate surface area is 53.5 Å². The summed E-state index contributed by atoms with van der Waals surface area (Å²) in [6.45, 7) is 9.51. The van der Waals surface area contributed by atoms with Gasteiger partial charge in [0.25, 0.3) is 0 Å². The van der Waals surface area contributed by atoms with Crippen molar-refractivity contribution in [1.29, 1.82) is 0 Å². The van der Waals surface area contributed by atoms with Crippen LogP contribution in [-0.2, 0) is 0 Å². The van der Waals surface area contributed by atoms with Crippen LogP contribution in [0.3, 0.4) is 0 Å². The van der Waals surface area contributed by atoms with Gasteiger partial charge in [-0.15, -0.1) is 0 Å². The Balaban J connectivity index is 0. The Morgan fingerprint density at radius 1 is 1.25 bits per heavy atom. The van der Waals surface area contributed by atoms with Crippen LogP contribution >= 0.6 is 0 Å². The van der Waals surface area contributed by atoms with Crippen molar-refractivity contribution in [1.82, 2.24) is 5.32 Å². The highest BCUT2D eigenvalue weighted by Crippen LogP contribution is 1.83. The average molecular weight is 117 g/mol. The summed E-state index contributed by atoms with van der Waals surface area (Å²) >= 11 is 0. The topological polar surface area (TPSA) is 12.0 Å². The van der Waals surface area contributed by atoms with E-state index in [2.05, 4.69) is 19.2 Å². The van der Waals surface area contributed by atoms with E-state index in [9.17, 15) is 0 Å². The van der Waals surface area contributed by atoms with Gasteiger partial charge in [0.15, 0.2) is 0 Å². The molecule has 0 amide bonds. The zero-order valence-corrected chi connectivity index (χ0v) is 6.78. The van der Waals surface area contributed by atoms with Gasteiger partial charge in [-0.1, -0.05) is 27.7 Å². The van der Waals surface area contributed by atoms with Gasteiger partial charge in [0.05, 0.1) is 0 Å². The summed E-state index contributed by atoms with van der Waals surface area (Å²) in [7, 11) is 1.97. The van der Waals surface area contributed by atoms with Crippen molar-refractivity contribution in [2.24, 2.45) is 5.92 Å². The largest absolute Gasteiger partial charge is 0.319 e. The maximum absolute atomic E-state index is 3.07. The molecule has 0 aliphatic heterocycles. The van der Waals surface area contributed by atoms with Crippen molar-refractivity contribution in [3.63, 3.8) is 0 Å². The number of hydrogen-bond acceptors (Lipinski definition) is 1. The smallest absolute Gasteiger partial charge is 0.00288 e. The minimum Gasteiger partial charge on any atom is -0.319 e. The van der Waals surface area contributed by atoms with Crippen LogP contribution < -0.4 is 5.32 Å². The molecule has 1 heteroatoms. The van der Waals surface area contributed by atoms with E-state index in [4.69, 9.17) is 0 Å². The number of hydrogen-bond donors (Lipinski definition) is 1. The Hall–Kier alpha value is -0.0400. The summed E-state index contributed by atoms with van der Waals surface area (Å²) in [5, 5.41) is 3.07. The molecule has 1 N–H and O–H groups in total. The van der Waals surface area contributed by atoms with Crippen molar-refractivity contribution in [3.8, 4) is 0 Å². The zero-order chi connectivity index (χ0) is 6.99. The van der Waals surface area contributed by atoms with Crippen LogP contribution in [0.15, 0.2) is 0 Å². The molecule has 0 atom stereocenters. The SMILES string of the molecule is CC.CNCC(C)C. The van der Waals surface area contributed by atoms with E-state index in [-0.39, 0.29) is 0 Å². The quantitative estimate of drug-likeness (QED) is 0.582. The highest BCUT2D eigenvalue weighted by molar-refractivity contribution is 4.42. The number of rotatable bonds is 2. The molecule has 0 aromatic heterocycles. The fourth-order valence-corrected chi connectivity index (χ4v) is 0.408. The third-order valence-corrected chi connectivity index (χ3v) is 0.612. The summed E-state index contributed by atoms with van der Waals surface area (Å²) in [5.41, 5.74) is 0. The third kappa shape index (κ3) is 16.7. The normalized spacial score (nSPS) is 8.25. The molecule has 0 fully saturated rings. The Morgan fingerprint density at radius 2 is 1.62 bits per heavy atom. The second-order valence-electron chi connectivity index (χ2n) is 1.95. The molecule has 0 spiro atoms. The molecule has 1 nitrogen and oxygen atoms in total. The van der Waals surface area contributed by atoms with E-state index in [1.54, 1.807) is 0 Å². The molecule has 0 saturated carbocycles. The fourth-order valence-electron chi connectivity index (χ4n) is 0.408. The Bertz CT molecular complexity index is 25.6. The lowest BCUT2D eigenvalue weighted by molar-refractivity contribution is 0.595. The van der Waals surface area contributed by atoms with Gasteiger partial charge in [-0.2, -0.15) is 0 Å². The van der Waals surface area contributed by atoms with Crippen molar-refractivity contribution < 1.29 is 0 Å². The molecule has 0 radical (unpaired) electrons. The molecule has 8 heavy (non-hydrogen) atoms. The van der Waals surface area contributed by atoms with Crippen molar-refractivity contribution in [3.05, 3.63) is 0 Å². The fraction of sp³-hybridized carbons (Fsp3) is 1.00. The summed E-state index contributed by atoms with van der Waals surface area (Å²) in [6, 6.07) is 0. The summed E-state index contributed by atoms with van der Waals surface area (Å²) < 4.78 is 0. The first kappa shape index (κ1) is 10.9. The molecule has 0 aromatic rings.